The van der Waals surface area contributed by atoms with Gasteiger partial charge in [-0.15, -0.1) is 0 Å². The van der Waals surface area contributed by atoms with Gasteiger partial charge in [-0.3, -0.25) is 14.2 Å². The summed E-state index contributed by atoms with van der Waals surface area (Å²) in [5.41, 5.74) is 0.626. The van der Waals surface area contributed by atoms with Crippen LogP contribution in [0.5, 0.6) is 0 Å². The van der Waals surface area contributed by atoms with Crippen LogP contribution in [-0.2, 0) is 11.3 Å². The molecule has 2 heterocycles. The average molecular weight is 292 g/mol. The van der Waals surface area contributed by atoms with Gasteiger partial charge in [-0.25, -0.2) is 4.98 Å². The second-order valence-corrected chi connectivity index (χ2v) is 5.89. The van der Waals surface area contributed by atoms with Crippen LogP contribution in [0.25, 0.3) is 0 Å². The summed E-state index contributed by atoms with van der Waals surface area (Å²) in [7, 11) is 4.02. The number of amides is 1. The molecule has 2 rings (SSSR count). The summed E-state index contributed by atoms with van der Waals surface area (Å²) < 4.78 is 1.64. The van der Waals surface area contributed by atoms with Crippen molar-refractivity contribution in [2.75, 3.05) is 27.2 Å². The normalized spacial score (nSPS) is 17.6. The topological polar surface area (TPSA) is 67.2 Å². The number of aryl methyl sites for hydroxylation is 1. The molecule has 0 saturated carbocycles. The lowest BCUT2D eigenvalue weighted by Crippen LogP contribution is -2.38. The van der Waals surface area contributed by atoms with Crippen molar-refractivity contribution in [3.8, 4) is 0 Å². The van der Waals surface area contributed by atoms with Gasteiger partial charge in [-0.05, 0) is 46.8 Å². The molecule has 0 aromatic carbocycles. The number of nitrogens with zero attached hydrogens (tertiary/aromatic N) is 3. The fourth-order valence-electron chi connectivity index (χ4n) is 2.69. The maximum absolute atomic E-state index is 12.3. The molecule has 21 heavy (non-hydrogen) atoms. The lowest BCUT2D eigenvalue weighted by Gasteiger charge is -2.25. The SMILES string of the molecule is Cc1cc(=O)n2c(n1)C(C(=O)NCCCN(C)C)CCC2. The van der Waals surface area contributed by atoms with Crippen molar-refractivity contribution in [3.05, 3.63) is 27.9 Å². The van der Waals surface area contributed by atoms with Crippen LogP contribution >= 0.6 is 0 Å². The highest BCUT2D eigenvalue weighted by Crippen LogP contribution is 2.24. The zero-order valence-electron chi connectivity index (χ0n) is 13.1. The van der Waals surface area contributed by atoms with Gasteiger partial charge in [-0.2, -0.15) is 0 Å². The number of fused-ring (bicyclic) bond motifs is 1. The molecule has 1 aliphatic heterocycles. The van der Waals surface area contributed by atoms with E-state index in [0.717, 1.165) is 25.8 Å². The van der Waals surface area contributed by atoms with Crippen molar-refractivity contribution in [2.45, 2.75) is 38.6 Å². The molecule has 1 unspecified atom stereocenters. The van der Waals surface area contributed by atoms with Crippen molar-refractivity contribution in [1.29, 1.82) is 0 Å². The van der Waals surface area contributed by atoms with Gasteiger partial charge in [-0.1, -0.05) is 0 Å². The predicted molar refractivity (Wildman–Crippen MR) is 81.4 cm³/mol. The number of carbonyl (C=O) groups is 1. The standard InChI is InChI=1S/C15H24N4O2/c1-11-10-13(20)19-9-4-6-12(14(19)17-11)15(21)16-7-5-8-18(2)3/h10,12H,4-9H2,1-3H3,(H,16,21). The summed E-state index contributed by atoms with van der Waals surface area (Å²) in [6, 6.07) is 1.53. The highest BCUT2D eigenvalue weighted by Gasteiger charge is 2.28. The maximum Gasteiger partial charge on any atom is 0.253 e. The van der Waals surface area contributed by atoms with E-state index in [1.165, 1.54) is 6.07 Å². The largest absolute Gasteiger partial charge is 0.355 e. The molecule has 0 radical (unpaired) electrons. The zero-order chi connectivity index (χ0) is 15.4. The minimum Gasteiger partial charge on any atom is -0.355 e. The van der Waals surface area contributed by atoms with E-state index in [9.17, 15) is 9.59 Å². The van der Waals surface area contributed by atoms with Crippen LogP contribution in [0.2, 0.25) is 0 Å². The van der Waals surface area contributed by atoms with Gasteiger partial charge in [0.25, 0.3) is 5.56 Å². The van der Waals surface area contributed by atoms with Gasteiger partial charge in [0.2, 0.25) is 5.91 Å². The summed E-state index contributed by atoms with van der Waals surface area (Å²) in [6.07, 6.45) is 2.52. The number of hydrogen-bond acceptors (Lipinski definition) is 4. The Kier molecular flexibility index (Phi) is 5.12. The quantitative estimate of drug-likeness (QED) is 0.802. The molecule has 6 heteroatoms. The van der Waals surface area contributed by atoms with Crippen molar-refractivity contribution in [1.82, 2.24) is 19.8 Å². The Balaban J connectivity index is 2.05. The van der Waals surface area contributed by atoms with Crippen LogP contribution in [-0.4, -0.2) is 47.5 Å². The minimum atomic E-state index is -0.300. The molecule has 0 spiro atoms. The number of carbonyl (C=O) groups excluding carboxylic acids is 1. The van der Waals surface area contributed by atoms with Crippen LogP contribution in [0.4, 0.5) is 0 Å². The molecule has 116 valence electrons. The van der Waals surface area contributed by atoms with Crippen molar-refractivity contribution in [2.24, 2.45) is 0 Å². The van der Waals surface area contributed by atoms with Crippen molar-refractivity contribution >= 4 is 5.91 Å². The van der Waals surface area contributed by atoms with Gasteiger partial charge in [0, 0.05) is 24.8 Å². The van der Waals surface area contributed by atoms with E-state index in [1.807, 2.05) is 14.1 Å². The molecule has 6 nitrogen and oxygen atoms in total. The third kappa shape index (κ3) is 3.91. The molecule has 1 atom stereocenters. The third-order valence-electron chi connectivity index (χ3n) is 3.75. The summed E-state index contributed by atoms with van der Waals surface area (Å²) in [6.45, 7) is 4.05. The van der Waals surface area contributed by atoms with Gasteiger partial charge < -0.3 is 10.2 Å². The Hall–Kier alpha value is -1.69. The Labute approximate surface area is 125 Å². The first-order valence-electron chi connectivity index (χ1n) is 7.50. The predicted octanol–water partition coefficient (Wildman–Crippen LogP) is 0.497. The lowest BCUT2D eigenvalue weighted by molar-refractivity contribution is -0.123. The zero-order valence-corrected chi connectivity index (χ0v) is 13.1. The lowest BCUT2D eigenvalue weighted by atomic mass is 9.97. The van der Waals surface area contributed by atoms with Crippen LogP contribution in [0.1, 0.15) is 36.7 Å². The Bertz CT molecular complexity index is 565. The Morgan fingerprint density at radius 2 is 2.29 bits per heavy atom. The maximum atomic E-state index is 12.3. The van der Waals surface area contributed by atoms with Crippen molar-refractivity contribution in [3.63, 3.8) is 0 Å². The fraction of sp³-hybridized carbons (Fsp3) is 0.667. The first-order valence-corrected chi connectivity index (χ1v) is 7.50. The van der Waals surface area contributed by atoms with Gasteiger partial charge >= 0.3 is 0 Å². The molecule has 0 bridgehead atoms. The molecule has 1 N–H and O–H groups in total. The third-order valence-corrected chi connectivity index (χ3v) is 3.75. The number of hydrogen-bond donors (Lipinski definition) is 1. The van der Waals surface area contributed by atoms with Gasteiger partial charge in [0.15, 0.2) is 0 Å². The molecule has 1 aromatic rings. The smallest absolute Gasteiger partial charge is 0.253 e. The van der Waals surface area contributed by atoms with Gasteiger partial charge in [0.1, 0.15) is 5.82 Å². The summed E-state index contributed by atoms with van der Waals surface area (Å²) in [5, 5.41) is 2.97. The summed E-state index contributed by atoms with van der Waals surface area (Å²) in [4.78, 5) is 30.8. The molecular weight excluding hydrogens is 268 g/mol. The number of aromatic nitrogens is 2. The fourth-order valence-corrected chi connectivity index (χ4v) is 2.69. The van der Waals surface area contributed by atoms with E-state index >= 15 is 0 Å². The van der Waals surface area contributed by atoms with Crippen molar-refractivity contribution < 1.29 is 4.79 Å². The van der Waals surface area contributed by atoms with Crippen LogP contribution in [0.15, 0.2) is 10.9 Å². The highest BCUT2D eigenvalue weighted by atomic mass is 16.2. The molecule has 0 aliphatic carbocycles. The summed E-state index contributed by atoms with van der Waals surface area (Å²) in [5.74, 6) is 0.307. The molecule has 1 aromatic heterocycles. The molecular formula is C15H24N4O2. The molecule has 1 amide bonds. The molecule has 0 fully saturated rings. The van der Waals surface area contributed by atoms with Crippen LogP contribution in [0.3, 0.4) is 0 Å². The highest BCUT2D eigenvalue weighted by molar-refractivity contribution is 5.82. The Morgan fingerprint density at radius 1 is 1.52 bits per heavy atom. The van der Waals surface area contributed by atoms with E-state index in [1.54, 1.807) is 11.5 Å². The van der Waals surface area contributed by atoms with Crippen LogP contribution in [0, 0.1) is 6.92 Å². The second kappa shape index (κ2) is 6.85. The summed E-state index contributed by atoms with van der Waals surface area (Å²) >= 11 is 0. The van der Waals surface area contributed by atoms with Crippen LogP contribution < -0.4 is 10.9 Å². The first-order chi connectivity index (χ1) is 9.99. The number of nitrogens with one attached hydrogen (secondary N) is 1. The van der Waals surface area contributed by atoms with E-state index in [4.69, 9.17) is 0 Å². The van der Waals surface area contributed by atoms with E-state index in [0.29, 0.717) is 24.6 Å². The van der Waals surface area contributed by atoms with E-state index in [-0.39, 0.29) is 17.4 Å². The Morgan fingerprint density at radius 3 is 3.00 bits per heavy atom. The molecule has 0 saturated heterocycles. The average Bonchev–Trinajstić information content (AvgIpc) is 2.42. The van der Waals surface area contributed by atoms with E-state index in [2.05, 4.69) is 15.2 Å². The minimum absolute atomic E-state index is 0.0142. The molecule has 1 aliphatic rings. The first kappa shape index (κ1) is 15.7. The van der Waals surface area contributed by atoms with E-state index < -0.39 is 0 Å². The second-order valence-electron chi connectivity index (χ2n) is 5.89. The number of rotatable bonds is 5. The monoisotopic (exact) mass is 292 g/mol. The van der Waals surface area contributed by atoms with Gasteiger partial charge in [0.05, 0.1) is 5.92 Å².